The van der Waals surface area contributed by atoms with Crippen LogP contribution in [0.2, 0.25) is 0 Å². The Balaban J connectivity index is 0.00000253. The Kier molecular flexibility index (Phi) is 11.8. The van der Waals surface area contributed by atoms with Crippen molar-refractivity contribution < 1.29 is 52.5 Å². The molecule has 4 rings (SSSR count). The third-order valence-electron chi connectivity index (χ3n) is 6.26. The van der Waals surface area contributed by atoms with Gasteiger partial charge in [-0.1, -0.05) is 12.1 Å². The standard InChI is InChI=1S/C31H37N3O2.2BrH/c1-34(2,3)24-6-21-32-22-19-26(20-23-32)25-7-9-27(10-8-25)33(28-11-15-30(35-4)16-12-28)29-13-17-31(36-5)18-14-29;;/h7-20,22-23H,6,21,24H2,1-5H3;2*1H/q+2;;/p-2. The maximum Gasteiger partial charge on any atom is 0.169 e. The summed E-state index contributed by atoms with van der Waals surface area (Å²) in [6.45, 7) is 2.20. The lowest BCUT2D eigenvalue weighted by atomic mass is 10.1. The van der Waals surface area contributed by atoms with Crippen LogP contribution in [0.4, 0.5) is 17.1 Å². The molecule has 0 N–H and O–H groups in total. The minimum atomic E-state index is 0. The van der Waals surface area contributed by atoms with Gasteiger partial charge in [-0.2, -0.15) is 0 Å². The van der Waals surface area contributed by atoms with Crippen molar-refractivity contribution >= 4 is 17.1 Å². The minimum absolute atomic E-state index is 0. The first-order valence-corrected chi connectivity index (χ1v) is 12.3. The Hall–Kier alpha value is -2.87. The number of anilines is 3. The van der Waals surface area contributed by atoms with Crippen LogP contribution < -0.4 is 52.9 Å². The number of methoxy groups -OCH3 is 2. The molecule has 1 aromatic heterocycles. The Morgan fingerprint density at radius 2 is 1.00 bits per heavy atom. The van der Waals surface area contributed by atoms with E-state index in [9.17, 15) is 0 Å². The summed E-state index contributed by atoms with van der Waals surface area (Å²) in [5, 5.41) is 0. The van der Waals surface area contributed by atoms with Gasteiger partial charge >= 0.3 is 0 Å². The third-order valence-corrected chi connectivity index (χ3v) is 6.26. The predicted molar refractivity (Wildman–Crippen MR) is 147 cm³/mol. The van der Waals surface area contributed by atoms with E-state index in [1.165, 1.54) is 11.1 Å². The summed E-state index contributed by atoms with van der Waals surface area (Å²) in [5.74, 6) is 1.67. The molecule has 0 spiro atoms. The molecule has 0 amide bonds. The van der Waals surface area contributed by atoms with Gasteiger partial charge in [-0.25, -0.2) is 4.57 Å². The first kappa shape index (κ1) is 31.3. The largest absolute Gasteiger partial charge is 1.00 e. The molecular formula is C31H37Br2N3O2. The summed E-state index contributed by atoms with van der Waals surface area (Å²) in [5.41, 5.74) is 5.61. The number of aromatic nitrogens is 1. The molecular weight excluding hydrogens is 606 g/mol. The maximum atomic E-state index is 5.36. The van der Waals surface area contributed by atoms with Crippen LogP contribution in [0.1, 0.15) is 6.42 Å². The van der Waals surface area contributed by atoms with Crippen molar-refractivity contribution in [3.05, 3.63) is 97.3 Å². The second-order valence-electron chi connectivity index (χ2n) is 9.97. The van der Waals surface area contributed by atoms with Crippen molar-refractivity contribution in [1.29, 1.82) is 0 Å². The number of pyridine rings is 1. The van der Waals surface area contributed by atoms with Crippen LogP contribution in [-0.2, 0) is 6.54 Å². The molecule has 0 radical (unpaired) electrons. The molecule has 1 heterocycles. The highest BCUT2D eigenvalue weighted by Gasteiger charge is 2.14. The number of hydrogen-bond donors (Lipinski definition) is 0. The van der Waals surface area contributed by atoms with Gasteiger partial charge in [0, 0.05) is 29.2 Å². The predicted octanol–water partition coefficient (Wildman–Crippen LogP) is 0.232. The minimum Gasteiger partial charge on any atom is -1.00 e. The molecule has 0 unspecified atom stereocenters. The molecule has 5 nitrogen and oxygen atoms in total. The molecule has 0 saturated heterocycles. The lowest BCUT2D eigenvalue weighted by Gasteiger charge is -2.26. The Labute approximate surface area is 248 Å². The highest BCUT2D eigenvalue weighted by atomic mass is 79.9. The van der Waals surface area contributed by atoms with Crippen molar-refractivity contribution in [2.45, 2.75) is 13.0 Å². The van der Waals surface area contributed by atoms with Crippen LogP contribution in [0.3, 0.4) is 0 Å². The summed E-state index contributed by atoms with van der Waals surface area (Å²) in [7, 11) is 10.1. The Morgan fingerprint density at radius 3 is 1.39 bits per heavy atom. The first-order valence-electron chi connectivity index (χ1n) is 12.3. The van der Waals surface area contributed by atoms with Crippen LogP contribution in [0.15, 0.2) is 97.3 Å². The number of aryl methyl sites for hydroxylation is 1. The molecule has 0 fully saturated rings. The number of hydrogen-bond acceptors (Lipinski definition) is 3. The van der Waals surface area contributed by atoms with Crippen molar-refractivity contribution in [3.63, 3.8) is 0 Å². The summed E-state index contributed by atoms with van der Waals surface area (Å²) < 4.78 is 14.0. The van der Waals surface area contributed by atoms with Crippen LogP contribution in [-0.4, -0.2) is 46.4 Å². The topological polar surface area (TPSA) is 25.6 Å². The number of benzene rings is 3. The lowest BCUT2D eigenvalue weighted by Crippen LogP contribution is -3.00. The summed E-state index contributed by atoms with van der Waals surface area (Å²) in [6.07, 6.45) is 5.52. The molecule has 3 aromatic carbocycles. The second-order valence-corrected chi connectivity index (χ2v) is 9.97. The quantitative estimate of drug-likeness (QED) is 0.183. The fourth-order valence-electron chi connectivity index (χ4n) is 4.24. The SMILES string of the molecule is COc1ccc(N(c2ccc(OC)cc2)c2ccc(-c3cc[n+](CCC[N+](C)(C)C)cc3)cc2)cc1.[Br-].[Br-]. The number of halogens is 2. The molecule has 0 atom stereocenters. The lowest BCUT2D eigenvalue weighted by molar-refractivity contribution is -0.873. The number of nitrogens with zero attached hydrogens (tertiary/aromatic N) is 3. The van der Waals surface area contributed by atoms with E-state index < -0.39 is 0 Å². The Bertz CT molecular complexity index is 1190. The molecule has 0 saturated carbocycles. The highest BCUT2D eigenvalue weighted by Crippen LogP contribution is 2.36. The normalized spacial score (nSPS) is 10.7. The van der Waals surface area contributed by atoms with Crippen molar-refractivity contribution in [2.24, 2.45) is 0 Å². The zero-order valence-electron chi connectivity index (χ0n) is 22.8. The highest BCUT2D eigenvalue weighted by molar-refractivity contribution is 5.78. The Morgan fingerprint density at radius 1 is 0.605 bits per heavy atom. The van der Waals surface area contributed by atoms with Gasteiger partial charge < -0.3 is 52.8 Å². The maximum absolute atomic E-state index is 5.36. The van der Waals surface area contributed by atoms with Crippen LogP contribution in [0.25, 0.3) is 11.1 Å². The summed E-state index contributed by atoms with van der Waals surface area (Å²) >= 11 is 0. The van der Waals surface area contributed by atoms with Gasteiger partial charge in [0.15, 0.2) is 18.9 Å². The monoisotopic (exact) mass is 641 g/mol. The van der Waals surface area contributed by atoms with E-state index in [1.807, 2.05) is 24.3 Å². The zero-order valence-corrected chi connectivity index (χ0v) is 25.9. The van der Waals surface area contributed by atoms with E-state index in [0.29, 0.717) is 0 Å². The van der Waals surface area contributed by atoms with Crippen LogP contribution in [0.5, 0.6) is 11.5 Å². The number of rotatable bonds is 10. The van der Waals surface area contributed by atoms with Crippen LogP contribution in [0, 0.1) is 0 Å². The molecule has 0 aliphatic carbocycles. The molecule has 4 aromatic rings. The molecule has 202 valence electrons. The molecule has 0 aliphatic heterocycles. The molecule has 7 heteroatoms. The van der Waals surface area contributed by atoms with E-state index in [4.69, 9.17) is 9.47 Å². The molecule has 0 aliphatic rings. The van der Waals surface area contributed by atoms with E-state index in [2.05, 4.69) is 104 Å². The number of quaternary nitrogens is 1. The molecule has 38 heavy (non-hydrogen) atoms. The second kappa shape index (κ2) is 14.3. The van der Waals surface area contributed by atoms with Gasteiger partial charge in [0.2, 0.25) is 0 Å². The fraction of sp³-hybridized carbons (Fsp3) is 0.258. The van der Waals surface area contributed by atoms with E-state index >= 15 is 0 Å². The zero-order chi connectivity index (χ0) is 25.5. The molecule has 0 bridgehead atoms. The summed E-state index contributed by atoms with van der Waals surface area (Å²) in [4.78, 5) is 2.23. The average Bonchev–Trinajstić information content (AvgIpc) is 2.90. The van der Waals surface area contributed by atoms with E-state index in [0.717, 1.165) is 52.6 Å². The fourth-order valence-corrected chi connectivity index (χ4v) is 4.24. The smallest absolute Gasteiger partial charge is 0.169 e. The van der Waals surface area contributed by atoms with Gasteiger partial charge in [-0.05, 0) is 71.8 Å². The van der Waals surface area contributed by atoms with Gasteiger partial charge in [-0.15, -0.1) is 0 Å². The first-order chi connectivity index (χ1) is 17.4. The third kappa shape index (κ3) is 8.32. The van der Waals surface area contributed by atoms with Gasteiger partial charge in [0.05, 0.1) is 48.3 Å². The number of ether oxygens (including phenoxy) is 2. The summed E-state index contributed by atoms with van der Waals surface area (Å²) in [6, 6.07) is 29.4. The van der Waals surface area contributed by atoms with Crippen molar-refractivity contribution in [1.82, 2.24) is 0 Å². The van der Waals surface area contributed by atoms with Gasteiger partial charge in [0.25, 0.3) is 0 Å². The van der Waals surface area contributed by atoms with Crippen molar-refractivity contribution in [3.8, 4) is 22.6 Å². The van der Waals surface area contributed by atoms with E-state index in [1.54, 1.807) is 14.2 Å². The van der Waals surface area contributed by atoms with Crippen molar-refractivity contribution in [2.75, 3.05) is 46.8 Å². The van der Waals surface area contributed by atoms with E-state index in [-0.39, 0.29) is 34.0 Å². The van der Waals surface area contributed by atoms with Crippen LogP contribution >= 0.6 is 0 Å². The van der Waals surface area contributed by atoms with Gasteiger partial charge in [-0.3, -0.25) is 0 Å². The van der Waals surface area contributed by atoms with Gasteiger partial charge in [0.1, 0.15) is 11.5 Å². The average molecular weight is 643 g/mol.